The zero-order chi connectivity index (χ0) is 10.6. The maximum Gasteiger partial charge on any atom is 0.305 e. The first kappa shape index (κ1) is 16.8. The lowest BCUT2D eigenvalue weighted by molar-refractivity contribution is -0.143. The Labute approximate surface area is 94.2 Å². The molecule has 0 unspecified atom stereocenters. The van der Waals surface area contributed by atoms with E-state index in [1.165, 1.54) is 19.3 Å². The average molecular weight is 217 g/mol. The largest absolute Gasteiger partial charge is 0.466 e. The highest BCUT2D eigenvalue weighted by molar-refractivity contribution is 5.69. The lowest BCUT2D eigenvalue weighted by atomic mass is 10.1. The lowest BCUT2D eigenvalue weighted by Crippen LogP contribution is -2.05. The summed E-state index contributed by atoms with van der Waals surface area (Å²) in [5.74, 6) is -0.0186. The van der Waals surface area contributed by atoms with E-state index < -0.39 is 0 Å². The van der Waals surface area contributed by atoms with Gasteiger partial charge >= 0.3 is 5.97 Å². The standard InChI is InChI=1S/C12H24O2.H3N/c1-3-5-7-8-9-10-12(13)14-11-6-4-2;/h3-11H2,1-2H3;1H3. The van der Waals surface area contributed by atoms with Gasteiger partial charge in [-0.1, -0.05) is 46.0 Å². The molecule has 0 bridgehead atoms. The number of hydrogen-bond acceptors (Lipinski definition) is 3. The molecule has 92 valence electrons. The predicted octanol–water partition coefficient (Wildman–Crippen LogP) is 3.85. The first-order valence-corrected chi connectivity index (χ1v) is 5.96. The van der Waals surface area contributed by atoms with Gasteiger partial charge in [0.25, 0.3) is 0 Å². The van der Waals surface area contributed by atoms with Crippen molar-refractivity contribution in [3.63, 3.8) is 0 Å². The zero-order valence-corrected chi connectivity index (χ0v) is 10.4. The molecular weight excluding hydrogens is 190 g/mol. The van der Waals surface area contributed by atoms with Gasteiger partial charge in [-0.3, -0.25) is 4.79 Å². The summed E-state index contributed by atoms with van der Waals surface area (Å²) in [5.41, 5.74) is 0. The predicted molar refractivity (Wildman–Crippen MR) is 64.3 cm³/mol. The number of carbonyl (C=O) groups is 1. The number of esters is 1. The summed E-state index contributed by atoms with van der Waals surface area (Å²) in [5, 5.41) is 0. The van der Waals surface area contributed by atoms with E-state index in [4.69, 9.17) is 4.74 Å². The summed E-state index contributed by atoms with van der Waals surface area (Å²) in [6.07, 6.45) is 8.62. The Morgan fingerprint density at radius 3 is 2.13 bits per heavy atom. The van der Waals surface area contributed by atoms with Crippen molar-refractivity contribution in [3.8, 4) is 0 Å². The molecule has 0 aliphatic carbocycles. The van der Waals surface area contributed by atoms with Crippen molar-refractivity contribution in [2.24, 2.45) is 0 Å². The van der Waals surface area contributed by atoms with Crippen LogP contribution in [0.15, 0.2) is 0 Å². The summed E-state index contributed by atoms with van der Waals surface area (Å²) in [6.45, 7) is 4.89. The third-order valence-electron chi connectivity index (χ3n) is 2.25. The van der Waals surface area contributed by atoms with Crippen LogP contribution in [0.3, 0.4) is 0 Å². The van der Waals surface area contributed by atoms with E-state index in [2.05, 4.69) is 13.8 Å². The van der Waals surface area contributed by atoms with Gasteiger partial charge in [0.05, 0.1) is 6.61 Å². The fraction of sp³-hybridized carbons (Fsp3) is 0.917. The van der Waals surface area contributed by atoms with Gasteiger partial charge in [-0.2, -0.15) is 0 Å². The molecule has 0 aromatic carbocycles. The number of rotatable bonds is 9. The van der Waals surface area contributed by atoms with E-state index in [0.29, 0.717) is 13.0 Å². The third-order valence-corrected chi connectivity index (χ3v) is 2.25. The molecule has 0 spiro atoms. The minimum absolute atomic E-state index is 0. The van der Waals surface area contributed by atoms with Gasteiger partial charge in [-0.15, -0.1) is 0 Å². The van der Waals surface area contributed by atoms with Crippen molar-refractivity contribution in [2.75, 3.05) is 6.61 Å². The van der Waals surface area contributed by atoms with Gasteiger partial charge in [0, 0.05) is 6.42 Å². The van der Waals surface area contributed by atoms with E-state index in [9.17, 15) is 4.79 Å². The molecule has 0 aromatic heterocycles. The molecule has 0 aliphatic heterocycles. The SMILES string of the molecule is CCCCCCCC(=O)OCCCC.N. The summed E-state index contributed by atoms with van der Waals surface area (Å²) in [6, 6.07) is 0. The Hall–Kier alpha value is -0.570. The van der Waals surface area contributed by atoms with Crippen molar-refractivity contribution in [2.45, 2.75) is 65.2 Å². The van der Waals surface area contributed by atoms with Gasteiger partial charge in [0.15, 0.2) is 0 Å². The Bertz CT molecular complexity index is 138. The van der Waals surface area contributed by atoms with Crippen LogP contribution in [0, 0.1) is 0 Å². The van der Waals surface area contributed by atoms with Crippen molar-refractivity contribution in [1.82, 2.24) is 6.15 Å². The smallest absolute Gasteiger partial charge is 0.305 e. The van der Waals surface area contributed by atoms with Crippen molar-refractivity contribution < 1.29 is 9.53 Å². The first-order valence-electron chi connectivity index (χ1n) is 5.96. The summed E-state index contributed by atoms with van der Waals surface area (Å²) < 4.78 is 5.05. The van der Waals surface area contributed by atoms with Crippen molar-refractivity contribution >= 4 is 5.97 Å². The van der Waals surface area contributed by atoms with Gasteiger partial charge in [0.1, 0.15) is 0 Å². The number of carbonyl (C=O) groups excluding carboxylic acids is 1. The molecular formula is C12H27NO2. The first-order chi connectivity index (χ1) is 6.81. The molecule has 0 rings (SSSR count). The second kappa shape index (κ2) is 13.4. The molecule has 0 saturated carbocycles. The normalized spacial score (nSPS) is 9.47. The monoisotopic (exact) mass is 217 g/mol. The molecule has 0 aromatic rings. The molecule has 15 heavy (non-hydrogen) atoms. The molecule has 3 nitrogen and oxygen atoms in total. The van der Waals surface area contributed by atoms with Crippen LogP contribution in [0.4, 0.5) is 0 Å². The molecule has 0 radical (unpaired) electrons. The summed E-state index contributed by atoms with van der Waals surface area (Å²) in [4.78, 5) is 11.1. The maximum absolute atomic E-state index is 11.1. The van der Waals surface area contributed by atoms with E-state index in [1.54, 1.807) is 0 Å². The van der Waals surface area contributed by atoms with Crippen LogP contribution in [0.1, 0.15) is 65.2 Å². The van der Waals surface area contributed by atoms with E-state index in [0.717, 1.165) is 25.7 Å². The molecule has 0 fully saturated rings. The molecule has 3 N–H and O–H groups in total. The Kier molecular flexibility index (Phi) is 15.1. The van der Waals surface area contributed by atoms with Crippen LogP contribution in [0.2, 0.25) is 0 Å². The van der Waals surface area contributed by atoms with Gasteiger partial charge in [-0.05, 0) is 12.8 Å². The summed E-state index contributed by atoms with van der Waals surface area (Å²) >= 11 is 0. The average Bonchev–Trinajstić information content (AvgIpc) is 2.18. The second-order valence-electron chi connectivity index (χ2n) is 3.74. The summed E-state index contributed by atoms with van der Waals surface area (Å²) in [7, 11) is 0. The molecule has 0 heterocycles. The van der Waals surface area contributed by atoms with Crippen LogP contribution in [-0.2, 0) is 9.53 Å². The Morgan fingerprint density at radius 2 is 1.53 bits per heavy atom. The molecule has 0 saturated heterocycles. The highest BCUT2D eigenvalue weighted by atomic mass is 16.5. The third kappa shape index (κ3) is 13.4. The van der Waals surface area contributed by atoms with Crippen LogP contribution >= 0.6 is 0 Å². The highest BCUT2D eigenvalue weighted by Crippen LogP contribution is 2.05. The molecule has 3 heteroatoms. The Balaban J connectivity index is 0. The van der Waals surface area contributed by atoms with E-state index in [1.807, 2.05) is 0 Å². The number of ether oxygens (including phenoxy) is 1. The van der Waals surface area contributed by atoms with Gasteiger partial charge in [-0.25, -0.2) is 0 Å². The maximum atomic E-state index is 11.1. The minimum atomic E-state index is -0.0186. The van der Waals surface area contributed by atoms with Gasteiger partial charge < -0.3 is 10.9 Å². The topological polar surface area (TPSA) is 61.3 Å². The van der Waals surface area contributed by atoms with Crippen molar-refractivity contribution in [1.29, 1.82) is 0 Å². The molecule has 0 amide bonds. The highest BCUT2D eigenvalue weighted by Gasteiger charge is 2.01. The van der Waals surface area contributed by atoms with E-state index in [-0.39, 0.29) is 12.1 Å². The molecule has 0 aliphatic rings. The van der Waals surface area contributed by atoms with Gasteiger partial charge in [0.2, 0.25) is 0 Å². The Morgan fingerprint density at radius 1 is 0.933 bits per heavy atom. The fourth-order valence-corrected chi connectivity index (χ4v) is 1.28. The fourth-order valence-electron chi connectivity index (χ4n) is 1.28. The van der Waals surface area contributed by atoms with Crippen LogP contribution < -0.4 is 6.15 Å². The van der Waals surface area contributed by atoms with Crippen molar-refractivity contribution in [3.05, 3.63) is 0 Å². The van der Waals surface area contributed by atoms with Crippen LogP contribution in [0.5, 0.6) is 0 Å². The lowest BCUT2D eigenvalue weighted by Gasteiger charge is -2.03. The second-order valence-corrected chi connectivity index (χ2v) is 3.74. The number of unbranched alkanes of at least 4 members (excludes halogenated alkanes) is 5. The minimum Gasteiger partial charge on any atom is -0.466 e. The molecule has 0 atom stereocenters. The van der Waals surface area contributed by atoms with Crippen LogP contribution in [0.25, 0.3) is 0 Å². The quantitative estimate of drug-likeness (QED) is 0.471. The van der Waals surface area contributed by atoms with E-state index >= 15 is 0 Å². The zero-order valence-electron chi connectivity index (χ0n) is 10.4. The van der Waals surface area contributed by atoms with Crippen LogP contribution in [-0.4, -0.2) is 12.6 Å². The number of hydrogen-bond donors (Lipinski definition) is 1.